The number of fused-ring (bicyclic) bond motifs is 1. The van der Waals surface area contributed by atoms with Crippen LogP contribution in [-0.2, 0) is 16.1 Å². The predicted octanol–water partition coefficient (Wildman–Crippen LogP) is 3.38. The van der Waals surface area contributed by atoms with E-state index in [1.165, 1.54) is 22.2 Å². The van der Waals surface area contributed by atoms with E-state index >= 15 is 0 Å². The van der Waals surface area contributed by atoms with Gasteiger partial charge in [-0.3, -0.25) is 14.2 Å². The van der Waals surface area contributed by atoms with E-state index in [2.05, 4.69) is 4.98 Å². The fraction of sp³-hybridized carbons (Fsp3) is 0.278. The predicted molar refractivity (Wildman–Crippen MR) is 94.3 cm³/mol. The van der Waals surface area contributed by atoms with Crippen LogP contribution < -0.4 is 5.56 Å². The highest BCUT2D eigenvalue weighted by atomic mass is 32.1. The van der Waals surface area contributed by atoms with E-state index < -0.39 is 5.97 Å². The molecule has 5 nitrogen and oxygen atoms in total. The summed E-state index contributed by atoms with van der Waals surface area (Å²) in [7, 11) is 0. The van der Waals surface area contributed by atoms with Crippen LogP contribution in [0.25, 0.3) is 10.2 Å². The second-order valence-electron chi connectivity index (χ2n) is 5.68. The van der Waals surface area contributed by atoms with Gasteiger partial charge in [0.25, 0.3) is 5.56 Å². The zero-order valence-electron chi connectivity index (χ0n) is 13.8. The van der Waals surface area contributed by atoms with Crippen LogP contribution in [0.2, 0.25) is 0 Å². The third-order valence-corrected chi connectivity index (χ3v) is 5.15. The average molecular weight is 342 g/mol. The summed E-state index contributed by atoms with van der Waals surface area (Å²) in [5.74, 6) is -0.459. The topological polar surface area (TPSA) is 61.2 Å². The normalized spacial score (nSPS) is 12.3. The number of hydrogen-bond acceptors (Lipinski definition) is 5. The van der Waals surface area contributed by atoms with Gasteiger partial charge < -0.3 is 4.74 Å². The molecule has 2 heterocycles. The number of rotatable bonds is 4. The lowest BCUT2D eigenvalue weighted by Crippen LogP contribution is -2.26. The zero-order chi connectivity index (χ0) is 17.3. The molecule has 0 bridgehead atoms. The molecule has 1 aromatic carbocycles. The van der Waals surface area contributed by atoms with Crippen LogP contribution in [0.4, 0.5) is 0 Å². The van der Waals surface area contributed by atoms with E-state index in [0.717, 1.165) is 16.0 Å². The Bertz CT molecular complexity index is 944. The van der Waals surface area contributed by atoms with Crippen molar-refractivity contribution in [2.75, 3.05) is 0 Å². The molecular weight excluding hydrogens is 324 g/mol. The fourth-order valence-corrected chi connectivity index (χ4v) is 3.54. The van der Waals surface area contributed by atoms with Gasteiger partial charge in [0.2, 0.25) is 0 Å². The van der Waals surface area contributed by atoms with Crippen molar-refractivity contribution < 1.29 is 9.53 Å². The molecule has 3 aromatic rings. The molecule has 0 saturated heterocycles. The average Bonchev–Trinajstić information content (AvgIpc) is 2.86. The number of benzene rings is 1. The molecule has 0 N–H and O–H groups in total. The van der Waals surface area contributed by atoms with Gasteiger partial charge >= 0.3 is 5.97 Å². The van der Waals surface area contributed by atoms with E-state index in [-0.39, 0.29) is 18.2 Å². The largest absolute Gasteiger partial charge is 0.456 e. The molecule has 0 aliphatic carbocycles. The summed E-state index contributed by atoms with van der Waals surface area (Å²) < 4.78 is 6.73. The maximum atomic E-state index is 12.6. The number of carbonyl (C=O) groups is 1. The molecule has 2 aromatic heterocycles. The van der Waals surface area contributed by atoms with E-state index in [4.69, 9.17) is 4.74 Å². The lowest BCUT2D eigenvalue weighted by Gasteiger charge is -2.14. The standard InChI is InChI=1S/C18H18N2O3S/c1-11-13(3)24-17-16(11)18(22)20(10-19-17)9-15(21)23-12(2)14-7-5-4-6-8-14/h4-8,10,12H,9H2,1-3H3/t12-/m1/s1. The highest BCUT2D eigenvalue weighted by Gasteiger charge is 2.16. The fourth-order valence-electron chi connectivity index (χ4n) is 2.55. The number of nitrogens with zero attached hydrogens (tertiary/aromatic N) is 2. The maximum Gasteiger partial charge on any atom is 0.326 e. The highest BCUT2D eigenvalue weighted by Crippen LogP contribution is 2.25. The molecule has 0 spiro atoms. The lowest BCUT2D eigenvalue weighted by atomic mass is 10.1. The lowest BCUT2D eigenvalue weighted by molar-refractivity contribution is -0.149. The molecule has 3 rings (SSSR count). The van der Waals surface area contributed by atoms with Crippen molar-refractivity contribution >= 4 is 27.5 Å². The first-order valence-corrected chi connectivity index (χ1v) is 8.48. The smallest absolute Gasteiger partial charge is 0.326 e. The van der Waals surface area contributed by atoms with E-state index in [0.29, 0.717) is 10.2 Å². The Morgan fingerprint density at radius 2 is 2.00 bits per heavy atom. The summed E-state index contributed by atoms with van der Waals surface area (Å²) in [5.41, 5.74) is 1.63. The molecule has 0 unspecified atom stereocenters. The Morgan fingerprint density at radius 1 is 1.29 bits per heavy atom. The molecular formula is C18H18N2O3S. The summed E-state index contributed by atoms with van der Waals surface area (Å²) in [5, 5.41) is 0.587. The summed E-state index contributed by atoms with van der Waals surface area (Å²) in [6.07, 6.45) is 1.05. The van der Waals surface area contributed by atoms with Crippen LogP contribution >= 0.6 is 11.3 Å². The van der Waals surface area contributed by atoms with E-state index in [9.17, 15) is 9.59 Å². The maximum absolute atomic E-state index is 12.6. The van der Waals surface area contributed by atoms with Crippen molar-refractivity contribution in [3.05, 3.63) is 63.0 Å². The van der Waals surface area contributed by atoms with E-state index in [1.807, 2.05) is 51.1 Å². The molecule has 24 heavy (non-hydrogen) atoms. The third-order valence-electron chi connectivity index (χ3n) is 4.03. The van der Waals surface area contributed by atoms with Gasteiger partial charge in [0, 0.05) is 4.88 Å². The molecule has 0 radical (unpaired) electrons. The van der Waals surface area contributed by atoms with Gasteiger partial charge in [-0.15, -0.1) is 11.3 Å². The quantitative estimate of drug-likeness (QED) is 0.682. The summed E-state index contributed by atoms with van der Waals surface area (Å²) in [4.78, 5) is 30.8. The Balaban J connectivity index is 1.80. The second-order valence-corrected chi connectivity index (χ2v) is 6.89. The van der Waals surface area contributed by atoms with Crippen molar-refractivity contribution in [1.82, 2.24) is 9.55 Å². The molecule has 124 valence electrons. The van der Waals surface area contributed by atoms with Crippen LogP contribution in [0, 0.1) is 13.8 Å². The summed E-state index contributed by atoms with van der Waals surface area (Å²) in [6, 6.07) is 9.49. The van der Waals surface area contributed by atoms with E-state index in [1.54, 1.807) is 0 Å². The number of ether oxygens (including phenoxy) is 1. The van der Waals surface area contributed by atoms with Gasteiger partial charge in [-0.2, -0.15) is 0 Å². The van der Waals surface area contributed by atoms with Crippen molar-refractivity contribution in [2.24, 2.45) is 0 Å². The molecule has 6 heteroatoms. The van der Waals surface area contributed by atoms with Crippen molar-refractivity contribution in [3.8, 4) is 0 Å². The van der Waals surface area contributed by atoms with Crippen LogP contribution in [0.15, 0.2) is 41.5 Å². The van der Waals surface area contributed by atoms with Gasteiger partial charge in [-0.05, 0) is 31.9 Å². The van der Waals surface area contributed by atoms with Gasteiger partial charge in [0.05, 0.1) is 11.7 Å². The first-order valence-electron chi connectivity index (χ1n) is 7.67. The zero-order valence-corrected chi connectivity index (χ0v) is 14.6. The molecule has 0 amide bonds. The SMILES string of the molecule is Cc1sc2ncn(CC(=O)O[C@H](C)c3ccccc3)c(=O)c2c1C. The van der Waals surface area contributed by atoms with Gasteiger partial charge in [0.15, 0.2) is 0 Å². The molecule has 0 aliphatic heterocycles. The minimum atomic E-state index is -0.459. The Kier molecular flexibility index (Phi) is 4.49. The van der Waals surface area contributed by atoms with Crippen molar-refractivity contribution in [2.45, 2.75) is 33.4 Å². The Hall–Kier alpha value is -2.47. The minimum Gasteiger partial charge on any atom is -0.456 e. The Morgan fingerprint density at radius 3 is 2.71 bits per heavy atom. The highest BCUT2D eigenvalue weighted by molar-refractivity contribution is 7.18. The number of hydrogen-bond donors (Lipinski definition) is 0. The number of thiophene rings is 1. The van der Waals surface area contributed by atoms with Crippen molar-refractivity contribution in [3.63, 3.8) is 0 Å². The van der Waals surface area contributed by atoms with Crippen LogP contribution in [0.1, 0.15) is 29.0 Å². The summed E-state index contributed by atoms with van der Waals surface area (Å²) >= 11 is 1.49. The molecule has 1 atom stereocenters. The molecule has 0 aliphatic rings. The van der Waals surface area contributed by atoms with Crippen molar-refractivity contribution in [1.29, 1.82) is 0 Å². The molecule has 0 fully saturated rings. The van der Waals surface area contributed by atoms with Gasteiger partial charge in [-0.1, -0.05) is 30.3 Å². The number of carbonyl (C=O) groups excluding carboxylic acids is 1. The number of aryl methyl sites for hydroxylation is 2. The molecule has 0 saturated carbocycles. The first-order chi connectivity index (χ1) is 11.5. The summed E-state index contributed by atoms with van der Waals surface area (Å²) in [6.45, 7) is 5.52. The van der Waals surface area contributed by atoms with Gasteiger partial charge in [-0.25, -0.2) is 4.98 Å². The first kappa shape index (κ1) is 16.4. The Labute approximate surface area is 143 Å². The van der Waals surface area contributed by atoms with Gasteiger partial charge in [0.1, 0.15) is 17.5 Å². The van der Waals surface area contributed by atoms with Crippen LogP contribution in [0.5, 0.6) is 0 Å². The minimum absolute atomic E-state index is 0.146. The monoisotopic (exact) mass is 342 g/mol. The van der Waals surface area contributed by atoms with Crippen LogP contribution in [0.3, 0.4) is 0 Å². The number of esters is 1. The third kappa shape index (κ3) is 3.10. The van der Waals surface area contributed by atoms with Crippen LogP contribution in [-0.4, -0.2) is 15.5 Å². The second kappa shape index (κ2) is 6.57. The number of aromatic nitrogens is 2.